The number of methoxy groups -OCH3 is 1. The molecule has 0 aromatic heterocycles. The quantitative estimate of drug-likeness (QED) is 0.802. The maximum absolute atomic E-state index is 13.5. The first-order valence-corrected chi connectivity index (χ1v) is 6.90. The fourth-order valence-electron chi connectivity index (χ4n) is 3.29. The molecule has 126 valence electrons. The number of likely N-dealkylation sites (tertiary alicyclic amines) is 1. The standard InChI is InChI=1S/C13H17F4NO4/c1-22-8-2-3-12(5-8,13(15,16)17)11(21)18-6-7(14)4-9(18)10(19)20/h7-9H,2-6H2,1H3,(H,19,20)/t7-,8?,9+,12?/m1/s1. The number of nitrogens with zero attached hydrogens (tertiary/aromatic N) is 1. The fraction of sp³-hybridized carbons (Fsp3) is 0.846. The van der Waals surface area contributed by atoms with Gasteiger partial charge in [-0.2, -0.15) is 13.2 Å². The second-order valence-electron chi connectivity index (χ2n) is 5.82. The summed E-state index contributed by atoms with van der Waals surface area (Å²) >= 11 is 0. The van der Waals surface area contributed by atoms with Crippen LogP contribution in [0.15, 0.2) is 0 Å². The van der Waals surface area contributed by atoms with Crippen molar-refractivity contribution in [3.63, 3.8) is 0 Å². The first-order valence-electron chi connectivity index (χ1n) is 6.90. The number of amides is 1. The Hall–Kier alpha value is -1.38. The summed E-state index contributed by atoms with van der Waals surface area (Å²) in [7, 11) is 1.26. The highest BCUT2D eigenvalue weighted by Gasteiger charge is 2.65. The van der Waals surface area contributed by atoms with Crippen LogP contribution in [0.1, 0.15) is 25.7 Å². The van der Waals surface area contributed by atoms with E-state index in [0.717, 1.165) is 0 Å². The second-order valence-corrected chi connectivity index (χ2v) is 5.82. The minimum Gasteiger partial charge on any atom is -0.480 e. The molecule has 0 spiro atoms. The Kier molecular flexibility index (Phi) is 4.38. The van der Waals surface area contributed by atoms with Gasteiger partial charge in [-0.05, 0) is 19.3 Å². The summed E-state index contributed by atoms with van der Waals surface area (Å²) in [5.41, 5.74) is -2.69. The lowest BCUT2D eigenvalue weighted by Crippen LogP contribution is -2.54. The molecule has 1 N–H and O–H groups in total. The summed E-state index contributed by atoms with van der Waals surface area (Å²) < 4.78 is 58.9. The minimum absolute atomic E-state index is 0.0480. The molecule has 2 fully saturated rings. The highest BCUT2D eigenvalue weighted by Crippen LogP contribution is 2.53. The lowest BCUT2D eigenvalue weighted by Gasteiger charge is -2.35. The van der Waals surface area contributed by atoms with E-state index in [1.165, 1.54) is 7.11 Å². The normalized spacial score (nSPS) is 35.9. The van der Waals surface area contributed by atoms with Crippen molar-refractivity contribution in [2.24, 2.45) is 5.41 Å². The van der Waals surface area contributed by atoms with E-state index >= 15 is 0 Å². The summed E-state index contributed by atoms with van der Waals surface area (Å²) in [6.07, 6.45) is -8.67. The van der Waals surface area contributed by atoms with Crippen LogP contribution >= 0.6 is 0 Å². The van der Waals surface area contributed by atoms with Crippen LogP contribution < -0.4 is 0 Å². The van der Waals surface area contributed by atoms with E-state index in [9.17, 15) is 27.2 Å². The summed E-state index contributed by atoms with van der Waals surface area (Å²) in [6.45, 7) is -0.620. The number of carbonyl (C=O) groups excluding carboxylic acids is 1. The van der Waals surface area contributed by atoms with Gasteiger partial charge in [-0.1, -0.05) is 0 Å². The van der Waals surface area contributed by atoms with Crippen LogP contribution in [0.25, 0.3) is 0 Å². The van der Waals surface area contributed by atoms with Gasteiger partial charge in [0.1, 0.15) is 17.6 Å². The summed E-state index contributed by atoms with van der Waals surface area (Å²) in [6, 6.07) is -1.55. The molecule has 2 rings (SSSR count). The average molecular weight is 327 g/mol. The van der Waals surface area contributed by atoms with Crippen molar-refractivity contribution in [2.45, 2.75) is 50.2 Å². The van der Waals surface area contributed by atoms with Crippen LogP contribution in [-0.2, 0) is 14.3 Å². The SMILES string of the molecule is COC1CCC(C(=O)N2C[C@H](F)C[C@H]2C(=O)O)(C(F)(F)F)C1. The van der Waals surface area contributed by atoms with Gasteiger partial charge in [0.15, 0.2) is 0 Å². The summed E-state index contributed by atoms with van der Waals surface area (Å²) in [4.78, 5) is 24.1. The molecule has 4 atom stereocenters. The molecule has 1 heterocycles. The fourth-order valence-corrected chi connectivity index (χ4v) is 3.29. The molecule has 1 aliphatic heterocycles. The lowest BCUT2D eigenvalue weighted by molar-refractivity contribution is -0.228. The molecular weight excluding hydrogens is 310 g/mol. The number of hydrogen-bond acceptors (Lipinski definition) is 3. The van der Waals surface area contributed by atoms with Crippen molar-refractivity contribution < 1.29 is 37.0 Å². The molecule has 22 heavy (non-hydrogen) atoms. The first-order chi connectivity index (χ1) is 10.1. The van der Waals surface area contributed by atoms with Gasteiger partial charge in [-0.3, -0.25) is 4.79 Å². The molecule has 0 bridgehead atoms. The zero-order valence-electron chi connectivity index (χ0n) is 11.9. The highest BCUT2D eigenvalue weighted by atomic mass is 19.4. The van der Waals surface area contributed by atoms with Gasteiger partial charge in [0.05, 0.1) is 12.6 Å². The van der Waals surface area contributed by atoms with E-state index in [0.29, 0.717) is 4.90 Å². The number of aliphatic carboxylic acids is 1. The van der Waals surface area contributed by atoms with E-state index in [2.05, 4.69) is 0 Å². The number of rotatable bonds is 3. The molecular formula is C13H17F4NO4. The molecule has 9 heteroatoms. The third-order valence-electron chi connectivity index (χ3n) is 4.55. The zero-order valence-corrected chi connectivity index (χ0v) is 11.9. The molecule has 1 amide bonds. The van der Waals surface area contributed by atoms with Crippen LogP contribution in [0, 0.1) is 5.41 Å². The smallest absolute Gasteiger partial charge is 0.403 e. The van der Waals surface area contributed by atoms with Gasteiger partial charge in [-0.15, -0.1) is 0 Å². The predicted molar refractivity (Wildman–Crippen MR) is 65.8 cm³/mol. The van der Waals surface area contributed by atoms with Crippen molar-refractivity contribution in [1.29, 1.82) is 0 Å². The molecule has 1 saturated carbocycles. The molecule has 0 radical (unpaired) electrons. The molecule has 0 aromatic carbocycles. The maximum atomic E-state index is 13.5. The Morgan fingerprint density at radius 3 is 2.45 bits per heavy atom. The molecule has 1 saturated heterocycles. The Morgan fingerprint density at radius 1 is 1.36 bits per heavy atom. The van der Waals surface area contributed by atoms with Crippen molar-refractivity contribution in [1.82, 2.24) is 4.90 Å². The highest BCUT2D eigenvalue weighted by molar-refractivity contribution is 5.89. The number of carbonyl (C=O) groups is 2. The average Bonchev–Trinajstić information content (AvgIpc) is 3.01. The van der Waals surface area contributed by atoms with Gasteiger partial charge >= 0.3 is 12.1 Å². The third-order valence-corrected chi connectivity index (χ3v) is 4.55. The van der Waals surface area contributed by atoms with Crippen LogP contribution in [0.4, 0.5) is 17.6 Å². The minimum atomic E-state index is -4.84. The Labute approximate surface area is 124 Å². The Balaban J connectivity index is 2.33. The van der Waals surface area contributed by atoms with Crippen molar-refractivity contribution in [3.8, 4) is 0 Å². The number of carboxylic acids is 1. The van der Waals surface area contributed by atoms with E-state index < -0.39 is 67.6 Å². The molecule has 0 aromatic rings. The number of alkyl halides is 4. The molecule has 2 unspecified atom stereocenters. The van der Waals surface area contributed by atoms with Crippen molar-refractivity contribution >= 4 is 11.9 Å². The van der Waals surface area contributed by atoms with Crippen LogP contribution in [0.2, 0.25) is 0 Å². The predicted octanol–water partition coefficient (Wildman–Crippen LogP) is 1.76. The monoisotopic (exact) mass is 327 g/mol. The number of hydrogen-bond donors (Lipinski definition) is 1. The van der Waals surface area contributed by atoms with Crippen LogP contribution in [-0.4, -0.2) is 60.0 Å². The van der Waals surface area contributed by atoms with Gasteiger partial charge in [0, 0.05) is 13.5 Å². The van der Waals surface area contributed by atoms with Gasteiger partial charge < -0.3 is 14.7 Å². The van der Waals surface area contributed by atoms with Crippen molar-refractivity contribution in [3.05, 3.63) is 0 Å². The third kappa shape index (κ3) is 2.66. The van der Waals surface area contributed by atoms with Gasteiger partial charge in [0.25, 0.3) is 0 Å². The van der Waals surface area contributed by atoms with E-state index in [-0.39, 0.29) is 6.42 Å². The van der Waals surface area contributed by atoms with E-state index in [1.54, 1.807) is 0 Å². The van der Waals surface area contributed by atoms with Gasteiger partial charge in [-0.25, -0.2) is 9.18 Å². The summed E-state index contributed by atoms with van der Waals surface area (Å²) in [5, 5.41) is 9.01. The molecule has 5 nitrogen and oxygen atoms in total. The van der Waals surface area contributed by atoms with Gasteiger partial charge in [0.2, 0.25) is 5.91 Å². The first kappa shape index (κ1) is 17.0. The number of halogens is 4. The molecule has 1 aliphatic carbocycles. The second kappa shape index (κ2) is 5.68. The lowest BCUT2D eigenvalue weighted by atomic mass is 9.83. The Morgan fingerprint density at radius 2 is 2.00 bits per heavy atom. The topological polar surface area (TPSA) is 66.8 Å². The Bertz CT molecular complexity index is 469. The van der Waals surface area contributed by atoms with E-state index in [4.69, 9.17) is 9.84 Å². The van der Waals surface area contributed by atoms with Crippen LogP contribution in [0.3, 0.4) is 0 Å². The van der Waals surface area contributed by atoms with Crippen LogP contribution in [0.5, 0.6) is 0 Å². The summed E-state index contributed by atoms with van der Waals surface area (Å²) in [5.74, 6) is -2.85. The van der Waals surface area contributed by atoms with E-state index in [1.807, 2.05) is 0 Å². The number of carboxylic acid groups (broad SMARTS) is 1. The zero-order chi connectivity index (χ0) is 16.7. The van der Waals surface area contributed by atoms with Crippen molar-refractivity contribution in [2.75, 3.05) is 13.7 Å². The largest absolute Gasteiger partial charge is 0.480 e. The maximum Gasteiger partial charge on any atom is 0.403 e. The molecule has 2 aliphatic rings. The number of ether oxygens (including phenoxy) is 1.